The van der Waals surface area contributed by atoms with Crippen LogP contribution in [0.3, 0.4) is 0 Å². The Morgan fingerprint density at radius 1 is 1.13 bits per heavy atom. The zero-order chi connectivity index (χ0) is 10.2. The molecule has 1 aromatic heterocycles. The van der Waals surface area contributed by atoms with Gasteiger partial charge in [0, 0.05) is 11.6 Å². The van der Waals surface area contributed by atoms with E-state index in [-0.39, 0.29) is 34.5 Å². The fourth-order valence-electron chi connectivity index (χ4n) is 1.29. The first-order chi connectivity index (χ1) is 6.59. The Bertz CT molecular complexity index is 577. The Kier molecular flexibility index (Phi) is 3.86. The van der Waals surface area contributed by atoms with Crippen molar-refractivity contribution in [3.8, 4) is 0 Å². The number of aromatic nitrogens is 1. The quantitative estimate of drug-likeness (QED) is 0.426. The molecule has 0 amide bonds. The second-order valence-electron chi connectivity index (χ2n) is 2.78. The van der Waals surface area contributed by atoms with Gasteiger partial charge in [0.05, 0.1) is 10.4 Å². The van der Waals surface area contributed by atoms with E-state index in [4.69, 9.17) is 0 Å². The van der Waals surface area contributed by atoms with Crippen LogP contribution in [0.1, 0.15) is 0 Å². The number of pyridine rings is 1. The molecule has 0 aliphatic carbocycles. The summed E-state index contributed by atoms with van der Waals surface area (Å²) < 4.78 is 32.6. The van der Waals surface area contributed by atoms with E-state index in [1.54, 1.807) is 24.4 Å². The summed E-state index contributed by atoms with van der Waals surface area (Å²) in [6.07, 6.45) is 1.55. The molecule has 0 radical (unpaired) electrons. The van der Waals surface area contributed by atoms with Crippen LogP contribution < -0.4 is 29.6 Å². The van der Waals surface area contributed by atoms with E-state index in [0.29, 0.717) is 10.9 Å². The van der Waals surface area contributed by atoms with Crippen LogP contribution in [-0.2, 0) is 10.1 Å². The molecule has 4 nitrogen and oxygen atoms in total. The molecule has 0 atom stereocenters. The van der Waals surface area contributed by atoms with E-state index in [1.165, 1.54) is 12.1 Å². The maximum Gasteiger partial charge on any atom is 1.00 e. The maximum atomic E-state index is 10.9. The normalized spacial score (nSPS) is 11.0. The Hall–Kier alpha value is -0.460. The minimum Gasteiger partial charge on any atom is -0.744 e. The average Bonchev–Trinajstić information content (AvgIpc) is 2.15. The summed E-state index contributed by atoms with van der Waals surface area (Å²) in [7, 11) is -4.42. The number of benzene rings is 1. The van der Waals surface area contributed by atoms with Crippen LogP contribution in [0.4, 0.5) is 0 Å². The molecule has 0 N–H and O–H groups in total. The van der Waals surface area contributed by atoms with Crippen molar-refractivity contribution in [1.29, 1.82) is 0 Å². The third-order valence-electron chi connectivity index (χ3n) is 1.88. The smallest absolute Gasteiger partial charge is 0.744 e. The minimum atomic E-state index is -4.42. The topological polar surface area (TPSA) is 70.1 Å². The molecule has 0 spiro atoms. The Morgan fingerprint density at radius 3 is 2.53 bits per heavy atom. The van der Waals surface area contributed by atoms with Crippen LogP contribution in [0.5, 0.6) is 0 Å². The zero-order valence-electron chi connectivity index (χ0n) is 8.04. The SMILES string of the molecule is O=S(=O)([O-])c1cccc2ncccc12.[Na+]. The van der Waals surface area contributed by atoms with E-state index in [1.807, 2.05) is 0 Å². The van der Waals surface area contributed by atoms with Crippen molar-refractivity contribution in [3.63, 3.8) is 0 Å². The molecule has 2 rings (SSSR count). The van der Waals surface area contributed by atoms with Gasteiger partial charge in [-0.05, 0) is 18.2 Å². The second kappa shape index (κ2) is 4.59. The number of nitrogens with zero attached hydrogens (tertiary/aromatic N) is 1. The third kappa shape index (κ3) is 2.56. The van der Waals surface area contributed by atoms with Crippen molar-refractivity contribution in [2.75, 3.05) is 0 Å². The predicted molar refractivity (Wildman–Crippen MR) is 49.7 cm³/mol. The fraction of sp³-hybridized carbons (Fsp3) is 0. The Balaban J connectivity index is 0.00000112. The van der Waals surface area contributed by atoms with Gasteiger partial charge in [0.1, 0.15) is 10.1 Å². The molecule has 0 saturated carbocycles. The van der Waals surface area contributed by atoms with Gasteiger partial charge in [0.15, 0.2) is 0 Å². The molecular formula is C9H6NNaO3S. The van der Waals surface area contributed by atoms with Crippen LogP contribution in [0.15, 0.2) is 41.4 Å². The van der Waals surface area contributed by atoms with Gasteiger partial charge in [0.25, 0.3) is 0 Å². The summed E-state index contributed by atoms with van der Waals surface area (Å²) in [6, 6.07) is 7.60. The number of hydrogen-bond acceptors (Lipinski definition) is 4. The molecule has 0 aliphatic rings. The van der Waals surface area contributed by atoms with Crippen molar-refractivity contribution in [3.05, 3.63) is 36.5 Å². The standard InChI is InChI=1S/C9H7NO3S.Na/c11-14(12,13)9-5-1-4-8-7(9)3-2-6-10-8;/h1-6H,(H,11,12,13);/q;+1/p-1. The van der Waals surface area contributed by atoms with Gasteiger partial charge in [-0.25, -0.2) is 8.42 Å². The molecule has 0 bridgehead atoms. The van der Waals surface area contributed by atoms with Crippen LogP contribution in [0.25, 0.3) is 10.9 Å². The molecule has 0 unspecified atom stereocenters. The molecule has 0 fully saturated rings. The van der Waals surface area contributed by atoms with Crippen molar-refractivity contribution >= 4 is 21.0 Å². The first kappa shape index (κ1) is 12.6. The summed E-state index contributed by atoms with van der Waals surface area (Å²) in [5, 5.41) is 0.366. The second-order valence-corrected chi connectivity index (χ2v) is 4.13. The summed E-state index contributed by atoms with van der Waals surface area (Å²) in [6.45, 7) is 0. The third-order valence-corrected chi connectivity index (χ3v) is 2.77. The molecule has 6 heteroatoms. The van der Waals surface area contributed by atoms with Crippen LogP contribution in [-0.4, -0.2) is 18.0 Å². The molecule has 2 aromatic rings. The van der Waals surface area contributed by atoms with Crippen molar-refractivity contribution in [2.24, 2.45) is 0 Å². The van der Waals surface area contributed by atoms with E-state index >= 15 is 0 Å². The van der Waals surface area contributed by atoms with E-state index < -0.39 is 10.1 Å². The van der Waals surface area contributed by atoms with Crippen molar-refractivity contribution in [1.82, 2.24) is 4.98 Å². The number of rotatable bonds is 1. The zero-order valence-corrected chi connectivity index (χ0v) is 10.9. The van der Waals surface area contributed by atoms with Gasteiger partial charge >= 0.3 is 29.6 Å². The van der Waals surface area contributed by atoms with E-state index in [9.17, 15) is 13.0 Å². The Labute approximate surface area is 109 Å². The van der Waals surface area contributed by atoms with Crippen LogP contribution in [0.2, 0.25) is 0 Å². The van der Waals surface area contributed by atoms with Gasteiger partial charge in [-0.1, -0.05) is 12.1 Å². The number of hydrogen-bond donors (Lipinski definition) is 0. The maximum absolute atomic E-state index is 10.9. The molecule has 72 valence electrons. The minimum absolute atomic E-state index is 0. The average molecular weight is 231 g/mol. The summed E-state index contributed by atoms with van der Waals surface area (Å²) in [5.74, 6) is 0. The number of fused-ring (bicyclic) bond motifs is 1. The molecule has 0 aliphatic heterocycles. The molecule has 0 saturated heterocycles. The van der Waals surface area contributed by atoms with Gasteiger partial charge in [-0.15, -0.1) is 0 Å². The van der Waals surface area contributed by atoms with E-state index in [0.717, 1.165) is 0 Å². The summed E-state index contributed by atoms with van der Waals surface area (Å²) >= 11 is 0. The largest absolute Gasteiger partial charge is 1.00 e. The summed E-state index contributed by atoms with van der Waals surface area (Å²) in [5.41, 5.74) is 0.504. The summed E-state index contributed by atoms with van der Waals surface area (Å²) in [4.78, 5) is 3.73. The Morgan fingerprint density at radius 2 is 1.87 bits per heavy atom. The molecule has 1 heterocycles. The first-order valence-corrected chi connectivity index (χ1v) is 5.29. The molecule has 1 aromatic carbocycles. The van der Waals surface area contributed by atoms with Gasteiger partial charge < -0.3 is 4.55 Å². The molecule has 15 heavy (non-hydrogen) atoms. The van der Waals surface area contributed by atoms with Crippen molar-refractivity contribution < 1.29 is 42.5 Å². The van der Waals surface area contributed by atoms with Crippen molar-refractivity contribution in [2.45, 2.75) is 4.90 Å². The predicted octanol–water partition coefficient (Wildman–Crippen LogP) is -1.86. The molecular weight excluding hydrogens is 225 g/mol. The van der Waals surface area contributed by atoms with Gasteiger partial charge in [0.2, 0.25) is 0 Å². The monoisotopic (exact) mass is 231 g/mol. The first-order valence-electron chi connectivity index (χ1n) is 3.89. The van der Waals surface area contributed by atoms with Crippen LogP contribution >= 0.6 is 0 Å². The van der Waals surface area contributed by atoms with Gasteiger partial charge in [-0.3, -0.25) is 4.98 Å². The van der Waals surface area contributed by atoms with Crippen LogP contribution in [0, 0.1) is 0 Å². The van der Waals surface area contributed by atoms with Gasteiger partial charge in [-0.2, -0.15) is 0 Å². The fourth-order valence-corrected chi connectivity index (χ4v) is 1.98. The van der Waals surface area contributed by atoms with E-state index in [2.05, 4.69) is 4.98 Å².